The predicted molar refractivity (Wildman–Crippen MR) is 84.5 cm³/mol. The summed E-state index contributed by atoms with van der Waals surface area (Å²) < 4.78 is 0.143. The summed E-state index contributed by atoms with van der Waals surface area (Å²) in [7, 11) is 0. The second-order valence-corrected chi connectivity index (χ2v) is 7.86. The van der Waals surface area contributed by atoms with E-state index in [-0.39, 0.29) is 10.8 Å². The zero-order chi connectivity index (χ0) is 14.5. The van der Waals surface area contributed by atoms with Crippen LogP contribution in [0.3, 0.4) is 0 Å². The van der Waals surface area contributed by atoms with Gasteiger partial charge in [0.15, 0.2) is 0 Å². The van der Waals surface area contributed by atoms with E-state index >= 15 is 0 Å². The zero-order valence-corrected chi connectivity index (χ0v) is 13.3. The summed E-state index contributed by atoms with van der Waals surface area (Å²) >= 11 is 1.81. The van der Waals surface area contributed by atoms with Gasteiger partial charge in [-0.25, -0.2) is 0 Å². The van der Waals surface area contributed by atoms with Crippen molar-refractivity contribution in [2.24, 2.45) is 5.73 Å². The summed E-state index contributed by atoms with van der Waals surface area (Å²) in [5, 5.41) is 10.2. The lowest BCUT2D eigenvalue weighted by Gasteiger charge is -2.25. The highest BCUT2D eigenvalue weighted by atomic mass is 32.2. The minimum absolute atomic E-state index is 0.143. The van der Waals surface area contributed by atoms with E-state index in [0.29, 0.717) is 0 Å². The van der Waals surface area contributed by atoms with E-state index in [9.17, 15) is 5.11 Å². The van der Waals surface area contributed by atoms with Crippen LogP contribution in [0.2, 0.25) is 0 Å². The Morgan fingerprint density at radius 2 is 1.89 bits per heavy atom. The number of nitrogens with two attached hydrogens (primary N) is 1. The van der Waals surface area contributed by atoms with Crippen molar-refractivity contribution in [3.05, 3.63) is 29.8 Å². The molecular formula is C16H27NOS. The van der Waals surface area contributed by atoms with Crippen LogP contribution in [0.25, 0.3) is 0 Å². The van der Waals surface area contributed by atoms with Gasteiger partial charge in [-0.3, -0.25) is 0 Å². The molecule has 0 bridgehead atoms. The second kappa shape index (κ2) is 7.32. The molecule has 0 saturated heterocycles. The fourth-order valence-corrected chi connectivity index (χ4v) is 3.11. The van der Waals surface area contributed by atoms with E-state index in [1.807, 2.05) is 18.2 Å². The van der Waals surface area contributed by atoms with Gasteiger partial charge in [-0.1, -0.05) is 58.7 Å². The molecule has 0 spiro atoms. The third-order valence-corrected chi connectivity index (χ3v) is 4.17. The lowest BCUT2D eigenvalue weighted by Crippen LogP contribution is -2.27. The van der Waals surface area contributed by atoms with Gasteiger partial charge in [0.1, 0.15) is 0 Å². The van der Waals surface area contributed by atoms with Crippen LogP contribution < -0.4 is 5.73 Å². The standard InChI is InChI=1S/C16H27NOS/c1-5-6-10-13(18)15(17)12-9-7-8-11-14(12)19-16(2,3)4/h7-9,11,13,15,18H,5-6,10,17H2,1-4H3/t13-,15+/m1/s1. The molecule has 1 aromatic carbocycles. The summed E-state index contributed by atoms with van der Waals surface area (Å²) in [5.41, 5.74) is 7.30. The number of aliphatic hydroxyl groups excluding tert-OH is 1. The fourth-order valence-electron chi connectivity index (χ4n) is 1.98. The van der Waals surface area contributed by atoms with Gasteiger partial charge < -0.3 is 10.8 Å². The molecule has 2 nitrogen and oxygen atoms in total. The van der Waals surface area contributed by atoms with Gasteiger partial charge in [-0.15, -0.1) is 11.8 Å². The number of hydrogen-bond donors (Lipinski definition) is 2. The molecule has 0 fully saturated rings. The number of thioether (sulfide) groups is 1. The maximum atomic E-state index is 10.2. The SMILES string of the molecule is CCCC[C@@H](O)[C@@H](N)c1ccccc1SC(C)(C)C. The lowest BCUT2D eigenvalue weighted by atomic mass is 9.98. The molecule has 3 N–H and O–H groups in total. The zero-order valence-electron chi connectivity index (χ0n) is 12.5. The van der Waals surface area contributed by atoms with Gasteiger partial charge in [0, 0.05) is 9.64 Å². The molecule has 0 aliphatic rings. The van der Waals surface area contributed by atoms with Crippen molar-refractivity contribution in [1.29, 1.82) is 0 Å². The number of aliphatic hydroxyl groups is 1. The minimum atomic E-state index is -0.457. The van der Waals surface area contributed by atoms with E-state index < -0.39 is 6.10 Å². The van der Waals surface area contributed by atoms with Crippen molar-refractivity contribution >= 4 is 11.8 Å². The molecule has 0 amide bonds. The fraction of sp³-hybridized carbons (Fsp3) is 0.625. The van der Waals surface area contributed by atoms with E-state index in [0.717, 1.165) is 24.8 Å². The van der Waals surface area contributed by atoms with E-state index in [4.69, 9.17) is 5.73 Å². The topological polar surface area (TPSA) is 46.2 Å². The van der Waals surface area contributed by atoms with Crippen LogP contribution in [-0.4, -0.2) is 16.0 Å². The Balaban J connectivity index is 2.87. The average Bonchev–Trinajstić information content (AvgIpc) is 2.34. The Hall–Kier alpha value is -0.510. The first-order chi connectivity index (χ1) is 8.85. The van der Waals surface area contributed by atoms with Crippen LogP contribution in [0, 0.1) is 0 Å². The summed E-state index contributed by atoms with van der Waals surface area (Å²) in [6, 6.07) is 7.86. The van der Waals surface area contributed by atoms with Gasteiger partial charge in [0.05, 0.1) is 12.1 Å². The minimum Gasteiger partial charge on any atom is -0.391 e. The van der Waals surface area contributed by atoms with Crippen LogP contribution in [0.5, 0.6) is 0 Å². The summed E-state index contributed by atoms with van der Waals surface area (Å²) in [4.78, 5) is 1.18. The smallest absolute Gasteiger partial charge is 0.0733 e. The number of unbranched alkanes of at least 4 members (excludes halogenated alkanes) is 1. The van der Waals surface area contributed by atoms with Crippen LogP contribution in [0.4, 0.5) is 0 Å². The molecule has 1 rings (SSSR count). The quantitative estimate of drug-likeness (QED) is 0.771. The first-order valence-electron chi connectivity index (χ1n) is 7.06. The molecule has 0 unspecified atom stereocenters. The van der Waals surface area contributed by atoms with E-state index in [1.54, 1.807) is 11.8 Å². The van der Waals surface area contributed by atoms with E-state index in [1.165, 1.54) is 4.90 Å². The Morgan fingerprint density at radius 3 is 2.47 bits per heavy atom. The van der Waals surface area contributed by atoms with Gasteiger partial charge >= 0.3 is 0 Å². The number of rotatable bonds is 6. The highest BCUT2D eigenvalue weighted by molar-refractivity contribution is 8.00. The van der Waals surface area contributed by atoms with Crippen molar-refractivity contribution < 1.29 is 5.11 Å². The normalized spacial score (nSPS) is 15.3. The third kappa shape index (κ3) is 5.55. The van der Waals surface area contributed by atoms with Crippen LogP contribution >= 0.6 is 11.8 Å². The molecular weight excluding hydrogens is 254 g/mol. The largest absolute Gasteiger partial charge is 0.391 e. The lowest BCUT2D eigenvalue weighted by molar-refractivity contribution is 0.131. The Morgan fingerprint density at radius 1 is 1.26 bits per heavy atom. The second-order valence-electron chi connectivity index (χ2n) is 5.99. The molecule has 3 heteroatoms. The average molecular weight is 281 g/mol. The van der Waals surface area contributed by atoms with Crippen molar-refractivity contribution in [3.63, 3.8) is 0 Å². The van der Waals surface area contributed by atoms with Gasteiger partial charge in [0.2, 0.25) is 0 Å². The number of hydrogen-bond acceptors (Lipinski definition) is 3. The molecule has 0 aromatic heterocycles. The molecule has 1 aromatic rings. The Kier molecular flexibility index (Phi) is 6.37. The Labute approximate surface area is 121 Å². The van der Waals surface area contributed by atoms with Crippen molar-refractivity contribution in [2.75, 3.05) is 0 Å². The van der Waals surface area contributed by atoms with Gasteiger partial charge in [-0.05, 0) is 18.1 Å². The Bertz CT molecular complexity index is 387. The van der Waals surface area contributed by atoms with Crippen LogP contribution in [0.1, 0.15) is 58.6 Å². The summed E-state index contributed by atoms with van der Waals surface area (Å²) in [5.74, 6) is 0. The predicted octanol–water partition coefficient (Wildman–Crippen LogP) is 4.13. The summed E-state index contributed by atoms with van der Waals surface area (Å²) in [6.07, 6.45) is 2.42. The molecule has 0 heterocycles. The molecule has 0 aliphatic heterocycles. The molecule has 0 radical (unpaired) electrons. The third-order valence-electron chi connectivity index (χ3n) is 2.96. The van der Waals surface area contributed by atoms with Crippen molar-refractivity contribution in [2.45, 2.75) is 68.7 Å². The number of benzene rings is 1. The van der Waals surface area contributed by atoms with Crippen molar-refractivity contribution in [1.82, 2.24) is 0 Å². The van der Waals surface area contributed by atoms with Gasteiger partial charge in [0.25, 0.3) is 0 Å². The molecule has 2 atom stereocenters. The van der Waals surface area contributed by atoms with E-state index in [2.05, 4.69) is 33.8 Å². The van der Waals surface area contributed by atoms with Crippen LogP contribution in [-0.2, 0) is 0 Å². The van der Waals surface area contributed by atoms with Gasteiger partial charge in [-0.2, -0.15) is 0 Å². The maximum Gasteiger partial charge on any atom is 0.0733 e. The highest BCUT2D eigenvalue weighted by Crippen LogP contribution is 2.36. The molecule has 108 valence electrons. The first-order valence-corrected chi connectivity index (χ1v) is 7.88. The monoisotopic (exact) mass is 281 g/mol. The van der Waals surface area contributed by atoms with Crippen molar-refractivity contribution in [3.8, 4) is 0 Å². The first kappa shape index (κ1) is 16.5. The molecule has 0 aliphatic carbocycles. The summed E-state index contributed by atoms with van der Waals surface area (Å²) in [6.45, 7) is 8.69. The highest BCUT2D eigenvalue weighted by Gasteiger charge is 2.21. The molecule has 19 heavy (non-hydrogen) atoms. The molecule has 0 saturated carbocycles. The maximum absolute atomic E-state index is 10.2. The van der Waals surface area contributed by atoms with Crippen LogP contribution in [0.15, 0.2) is 29.2 Å².